The van der Waals surface area contributed by atoms with Crippen LogP contribution in [0.5, 0.6) is 0 Å². The third kappa shape index (κ3) is 5.16. The predicted molar refractivity (Wildman–Crippen MR) is 149 cm³/mol. The maximum atomic E-state index is 14.2. The number of carbonyl (C=O) groups excluding carboxylic acids is 3. The number of aliphatic hydroxyl groups is 1. The number of amides is 3. The number of hydrogen-bond donors (Lipinski definition) is 1. The van der Waals surface area contributed by atoms with Crippen LogP contribution in [0.3, 0.4) is 0 Å². The summed E-state index contributed by atoms with van der Waals surface area (Å²) in [6, 6.07) is 8.32. The number of ether oxygens (including phenoxy) is 1. The van der Waals surface area contributed by atoms with E-state index in [1.54, 1.807) is 26.9 Å². The van der Waals surface area contributed by atoms with Crippen molar-refractivity contribution >= 4 is 17.7 Å². The van der Waals surface area contributed by atoms with Gasteiger partial charge in [-0.2, -0.15) is 0 Å². The van der Waals surface area contributed by atoms with Crippen LogP contribution in [0.1, 0.15) is 51.5 Å². The van der Waals surface area contributed by atoms with Crippen LogP contribution in [-0.4, -0.2) is 87.6 Å². The number of aliphatic hydroxyl groups excluding tert-OH is 1. The highest BCUT2D eigenvalue weighted by Gasteiger charge is 2.75. The SMILES string of the molecule is C=CCN(CCCC)C(=O)C1N([C@@H](CC)CO)C(=O)[C@@H]2[C@@H](C(=O)N(CC=C)Cc3ccccc3)[C@H]3CCC12O3. The minimum atomic E-state index is -1.08. The number of likely N-dealkylation sites (tertiary alicyclic amines) is 1. The zero-order chi connectivity index (χ0) is 28.2. The lowest BCUT2D eigenvalue weighted by Gasteiger charge is -2.39. The highest BCUT2D eigenvalue weighted by Crippen LogP contribution is 2.59. The molecule has 8 heteroatoms. The van der Waals surface area contributed by atoms with Gasteiger partial charge >= 0.3 is 0 Å². The molecule has 1 spiro atoms. The van der Waals surface area contributed by atoms with Gasteiger partial charge in [0.15, 0.2) is 0 Å². The van der Waals surface area contributed by atoms with Crippen LogP contribution >= 0.6 is 0 Å². The molecule has 6 atom stereocenters. The Morgan fingerprint density at radius 1 is 1.15 bits per heavy atom. The maximum absolute atomic E-state index is 14.2. The Balaban J connectivity index is 1.72. The smallest absolute Gasteiger partial charge is 0.248 e. The summed E-state index contributed by atoms with van der Waals surface area (Å²) >= 11 is 0. The highest BCUT2D eigenvalue weighted by atomic mass is 16.5. The van der Waals surface area contributed by atoms with Gasteiger partial charge in [-0.1, -0.05) is 62.8 Å². The fourth-order valence-electron chi connectivity index (χ4n) is 6.83. The zero-order valence-corrected chi connectivity index (χ0v) is 23.3. The van der Waals surface area contributed by atoms with E-state index in [2.05, 4.69) is 20.1 Å². The van der Waals surface area contributed by atoms with E-state index in [-0.39, 0.29) is 24.3 Å². The number of benzene rings is 1. The predicted octanol–water partition coefficient (Wildman–Crippen LogP) is 3.16. The maximum Gasteiger partial charge on any atom is 0.248 e. The molecule has 1 N–H and O–H groups in total. The van der Waals surface area contributed by atoms with Crippen molar-refractivity contribution in [1.82, 2.24) is 14.7 Å². The molecular formula is C31H43N3O5. The Morgan fingerprint density at radius 3 is 2.46 bits per heavy atom. The Kier molecular flexibility index (Phi) is 9.28. The minimum absolute atomic E-state index is 0.150. The van der Waals surface area contributed by atoms with Gasteiger partial charge in [0, 0.05) is 26.2 Å². The molecule has 0 aromatic heterocycles. The van der Waals surface area contributed by atoms with Crippen molar-refractivity contribution in [2.45, 2.75) is 76.3 Å². The summed E-state index contributed by atoms with van der Waals surface area (Å²) in [5.41, 5.74) is -0.0961. The summed E-state index contributed by atoms with van der Waals surface area (Å²) < 4.78 is 6.61. The topological polar surface area (TPSA) is 90.4 Å². The molecule has 0 radical (unpaired) electrons. The highest BCUT2D eigenvalue weighted by molar-refractivity contribution is 5.99. The summed E-state index contributed by atoms with van der Waals surface area (Å²) in [7, 11) is 0. The Hall–Kier alpha value is -2.97. The van der Waals surface area contributed by atoms with E-state index in [9.17, 15) is 19.5 Å². The lowest BCUT2D eigenvalue weighted by molar-refractivity contribution is -0.152. The second kappa shape index (κ2) is 12.5. The van der Waals surface area contributed by atoms with Crippen LogP contribution in [0.25, 0.3) is 0 Å². The van der Waals surface area contributed by atoms with Crippen molar-refractivity contribution in [3.05, 3.63) is 61.2 Å². The molecule has 39 heavy (non-hydrogen) atoms. The molecular weight excluding hydrogens is 494 g/mol. The third-order valence-corrected chi connectivity index (χ3v) is 8.65. The van der Waals surface area contributed by atoms with Gasteiger partial charge in [0.25, 0.3) is 0 Å². The second-order valence-electron chi connectivity index (χ2n) is 11.0. The molecule has 3 saturated heterocycles. The number of fused-ring (bicyclic) bond motifs is 1. The molecule has 8 nitrogen and oxygen atoms in total. The number of carbonyl (C=O) groups is 3. The molecule has 2 unspecified atom stereocenters. The van der Waals surface area contributed by atoms with E-state index in [1.165, 1.54) is 0 Å². The Morgan fingerprint density at radius 2 is 1.85 bits per heavy atom. The van der Waals surface area contributed by atoms with Crippen LogP contribution in [0.4, 0.5) is 0 Å². The Labute approximate surface area is 232 Å². The first-order valence-electron chi connectivity index (χ1n) is 14.3. The summed E-state index contributed by atoms with van der Waals surface area (Å²) in [6.07, 6.45) is 6.34. The lowest BCUT2D eigenvalue weighted by Crippen LogP contribution is -2.58. The molecule has 3 aliphatic heterocycles. The first-order valence-corrected chi connectivity index (χ1v) is 14.3. The first-order chi connectivity index (χ1) is 18.9. The van der Waals surface area contributed by atoms with Gasteiger partial charge in [0.2, 0.25) is 17.7 Å². The summed E-state index contributed by atoms with van der Waals surface area (Å²) in [5, 5.41) is 10.3. The van der Waals surface area contributed by atoms with Gasteiger partial charge in [0.05, 0.1) is 30.6 Å². The second-order valence-corrected chi connectivity index (χ2v) is 11.0. The van der Waals surface area contributed by atoms with E-state index < -0.39 is 35.6 Å². The van der Waals surface area contributed by atoms with E-state index in [0.29, 0.717) is 45.4 Å². The normalized spacial score (nSPS) is 27.8. The molecule has 0 aliphatic carbocycles. The average Bonchev–Trinajstić information content (AvgIpc) is 3.59. The van der Waals surface area contributed by atoms with Gasteiger partial charge in [-0.25, -0.2) is 0 Å². The number of nitrogens with zero attached hydrogens (tertiary/aromatic N) is 3. The van der Waals surface area contributed by atoms with E-state index >= 15 is 0 Å². The number of hydrogen-bond acceptors (Lipinski definition) is 5. The quantitative estimate of drug-likeness (QED) is 0.368. The molecule has 212 valence electrons. The third-order valence-electron chi connectivity index (χ3n) is 8.65. The minimum Gasteiger partial charge on any atom is -0.394 e. The van der Waals surface area contributed by atoms with E-state index in [1.807, 2.05) is 37.3 Å². The summed E-state index contributed by atoms with van der Waals surface area (Å²) in [6.45, 7) is 13.0. The molecule has 1 aromatic carbocycles. The largest absolute Gasteiger partial charge is 0.394 e. The van der Waals surface area contributed by atoms with Crippen molar-refractivity contribution in [3.63, 3.8) is 0 Å². The number of rotatable bonds is 14. The first kappa shape index (κ1) is 29.0. The van der Waals surface area contributed by atoms with E-state index in [4.69, 9.17) is 4.74 Å². The molecule has 3 heterocycles. The van der Waals surface area contributed by atoms with Crippen LogP contribution in [0, 0.1) is 11.8 Å². The average molecular weight is 538 g/mol. The monoisotopic (exact) mass is 537 g/mol. The van der Waals surface area contributed by atoms with Gasteiger partial charge in [0.1, 0.15) is 11.6 Å². The van der Waals surface area contributed by atoms with Crippen LogP contribution in [0.15, 0.2) is 55.6 Å². The molecule has 2 bridgehead atoms. The van der Waals surface area contributed by atoms with Crippen molar-refractivity contribution in [3.8, 4) is 0 Å². The van der Waals surface area contributed by atoms with Crippen molar-refractivity contribution < 1.29 is 24.2 Å². The fourth-order valence-corrected chi connectivity index (χ4v) is 6.83. The molecule has 3 amide bonds. The van der Waals surface area contributed by atoms with Crippen molar-refractivity contribution in [1.29, 1.82) is 0 Å². The molecule has 4 rings (SSSR count). The Bertz CT molecular complexity index is 1060. The van der Waals surface area contributed by atoms with Crippen LogP contribution in [-0.2, 0) is 25.7 Å². The molecule has 0 saturated carbocycles. The van der Waals surface area contributed by atoms with Crippen LogP contribution < -0.4 is 0 Å². The zero-order valence-electron chi connectivity index (χ0n) is 23.3. The lowest BCUT2D eigenvalue weighted by atomic mass is 9.70. The summed E-state index contributed by atoms with van der Waals surface area (Å²) in [5.74, 6) is -2.05. The van der Waals surface area contributed by atoms with Crippen molar-refractivity contribution in [2.24, 2.45) is 11.8 Å². The van der Waals surface area contributed by atoms with Crippen molar-refractivity contribution in [2.75, 3.05) is 26.2 Å². The van der Waals surface area contributed by atoms with Gasteiger partial charge in [-0.3, -0.25) is 14.4 Å². The number of unbranched alkanes of at least 4 members (excludes halogenated alkanes) is 1. The molecule has 3 aliphatic rings. The summed E-state index contributed by atoms with van der Waals surface area (Å²) in [4.78, 5) is 47.7. The molecule has 3 fully saturated rings. The fraction of sp³-hybridized carbons (Fsp3) is 0.581. The van der Waals surface area contributed by atoms with Gasteiger partial charge < -0.3 is 24.5 Å². The standard InChI is InChI=1S/C31H43N3O5/c1-5-9-19-32(17-6-2)30(38)27-31-16-15-24(39-31)25(26(31)29(37)34(27)23(8-4)21-35)28(36)33(18-7-3)20-22-13-11-10-12-14-22/h6-7,10-14,23-27,35H,2-3,5,8-9,15-21H2,1,4H3/t23-,24+,25-,26-,27?,31?/m0/s1. The van der Waals surface area contributed by atoms with Crippen LogP contribution in [0.2, 0.25) is 0 Å². The van der Waals surface area contributed by atoms with Gasteiger partial charge in [-0.05, 0) is 31.2 Å². The van der Waals surface area contributed by atoms with E-state index in [0.717, 1.165) is 18.4 Å². The molecule has 1 aromatic rings. The van der Waals surface area contributed by atoms with Gasteiger partial charge in [-0.15, -0.1) is 13.2 Å².